The third kappa shape index (κ3) is 3.10. The summed E-state index contributed by atoms with van der Waals surface area (Å²) in [7, 11) is 0. The molecule has 8 heteroatoms. The quantitative estimate of drug-likeness (QED) is 0.592. The fourth-order valence-electron chi connectivity index (χ4n) is 5.36. The lowest BCUT2D eigenvalue weighted by Crippen LogP contribution is -2.63. The van der Waals surface area contributed by atoms with Gasteiger partial charge in [0.2, 0.25) is 5.91 Å². The van der Waals surface area contributed by atoms with Gasteiger partial charge in [0, 0.05) is 34.7 Å². The first kappa shape index (κ1) is 19.2. The van der Waals surface area contributed by atoms with Crippen molar-refractivity contribution in [3.8, 4) is 0 Å². The van der Waals surface area contributed by atoms with E-state index in [-0.39, 0.29) is 23.6 Å². The summed E-state index contributed by atoms with van der Waals surface area (Å²) in [5.74, 6) is -1.84. The minimum absolute atomic E-state index is 0.0487. The Balaban J connectivity index is 1.48. The summed E-state index contributed by atoms with van der Waals surface area (Å²) < 4.78 is 0. The van der Waals surface area contributed by atoms with Gasteiger partial charge in [0.25, 0.3) is 0 Å². The average molecular weight is 396 g/mol. The second-order valence-corrected chi connectivity index (χ2v) is 9.86. The zero-order chi connectivity index (χ0) is 19.5. The topological polar surface area (TPSA) is 107 Å². The van der Waals surface area contributed by atoms with Crippen LogP contribution in [0, 0.1) is 11.8 Å². The van der Waals surface area contributed by atoms with E-state index in [0.29, 0.717) is 17.3 Å². The van der Waals surface area contributed by atoms with Crippen LogP contribution in [-0.4, -0.2) is 74.5 Å². The monoisotopic (exact) mass is 395 g/mol. The van der Waals surface area contributed by atoms with Crippen LogP contribution in [0.3, 0.4) is 0 Å². The van der Waals surface area contributed by atoms with Gasteiger partial charge >= 0.3 is 5.97 Å². The van der Waals surface area contributed by atoms with Crippen molar-refractivity contribution in [2.45, 2.75) is 69.0 Å². The van der Waals surface area contributed by atoms with Crippen LogP contribution in [-0.2, 0) is 9.59 Å². The molecule has 27 heavy (non-hydrogen) atoms. The Morgan fingerprint density at radius 2 is 2.07 bits per heavy atom. The number of amides is 1. The molecule has 0 aromatic rings. The standard InChI is InChI=1S/C19H29N3O4S/c1-9-15-14(10(2)23)18(24)22(15)16(19(25)26)17(9)27-13-5-6-21(8-13)12-4-3-11(20)7-12/h9-15,23H,3-8,20H2,1-2H3,(H,25,26)/t9-,10-,11-,12+,13?,14-,15-/m1/s1. The van der Waals surface area contributed by atoms with Gasteiger partial charge < -0.3 is 20.8 Å². The number of hydrogen-bond acceptors (Lipinski definition) is 6. The van der Waals surface area contributed by atoms with E-state index in [1.54, 1.807) is 18.7 Å². The van der Waals surface area contributed by atoms with Gasteiger partial charge in [-0.25, -0.2) is 4.79 Å². The van der Waals surface area contributed by atoms with Crippen molar-refractivity contribution in [1.82, 2.24) is 9.80 Å². The number of hydrogen-bond donors (Lipinski definition) is 3. The molecule has 1 amide bonds. The SMILES string of the molecule is C[C@@H](O)[C@H]1C(=O)N2C(C(=O)O)=C(SC3CCN([C@H]4CC[C@@H](N)C4)C3)[C@H](C)[C@H]12. The summed E-state index contributed by atoms with van der Waals surface area (Å²) in [6.07, 6.45) is 3.56. The molecule has 3 aliphatic heterocycles. The van der Waals surface area contributed by atoms with Crippen molar-refractivity contribution < 1.29 is 19.8 Å². The predicted octanol–water partition coefficient (Wildman–Crippen LogP) is 0.827. The molecular formula is C19H29N3O4S. The number of likely N-dealkylation sites (tertiary alicyclic amines) is 1. The van der Waals surface area contributed by atoms with Crippen molar-refractivity contribution in [3.63, 3.8) is 0 Å². The molecule has 7 atom stereocenters. The van der Waals surface area contributed by atoms with Gasteiger partial charge in [-0.05, 0) is 39.2 Å². The second-order valence-electron chi connectivity index (χ2n) is 8.52. The molecule has 4 rings (SSSR count). The van der Waals surface area contributed by atoms with E-state index in [0.717, 1.165) is 43.7 Å². The summed E-state index contributed by atoms with van der Waals surface area (Å²) in [4.78, 5) is 29.0. The smallest absolute Gasteiger partial charge is 0.353 e. The van der Waals surface area contributed by atoms with Gasteiger partial charge in [0.15, 0.2) is 0 Å². The Morgan fingerprint density at radius 1 is 1.33 bits per heavy atom. The summed E-state index contributed by atoms with van der Waals surface area (Å²) in [5, 5.41) is 20.0. The molecule has 3 heterocycles. The summed E-state index contributed by atoms with van der Waals surface area (Å²) in [6.45, 7) is 5.57. The lowest BCUT2D eigenvalue weighted by atomic mass is 9.79. The highest BCUT2D eigenvalue weighted by Gasteiger charge is 2.60. The number of aliphatic hydroxyl groups is 1. The van der Waals surface area contributed by atoms with Gasteiger partial charge in [-0.1, -0.05) is 6.92 Å². The molecule has 0 aromatic heterocycles. The van der Waals surface area contributed by atoms with E-state index in [1.807, 2.05) is 6.92 Å². The summed E-state index contributed by atoms with van der Waals surface area (Å²) >= 11 is 1.64. The number of thioether (sulfide) groups is 1. The molecule has 4 aliphatic rings. The number of fused-ring (bicyclic) bond motifs is 1. The number of β-lactam (4-membered cyclic amide) rings is 1. The maximum atomic E-state index is 12.4. The first-order valence-corrected chi connectivity index (χ1v) is 10.8. The van der Waals surface area contributed by atoms with E-state index in [4.69, 9.17) is 5.73 Å². The largest absolute Gasteiger partial charge is 0.477 e. The van der Waals surface area contributed by atoms with Crippen molar-refractivity contribution >= 4 is 23.6 Å². The molecule has 7 nitrogen and oxygen atoms in total. The van der Waals surface area contributed by atoms with Crippen LogP contribution in [0.25, 0.3) is 0 Å². The fourth-order valence-corrected chi connectivity index (χ4v) is 6.86. The molecule has 0 bridgehead atoms. The number of nitrogens with zero attached hydrogens (tertiary/aromatic N) is 2. The maximum Gasteiger partial charge on any atom is 0.353 e. The molecule has 150 valence electrons. The fraction of sp³-hybridized carbons (Fsp3) is 0.789. The Morgan fingerprint density at radius 3 is 2.67 bits per heavy atom. The normalized spacial score (nSPS) is 40.4. The van der Waals surface area contributed by atoms with Crippen molar-refractivity contribution in [1.29, 1.82) is 0 Å². The number of aliphatic hydroxyl groups excluding tert-OH is 1. The number of aliphatic carboxylic acids is 1. The second kappa shape index (κ2) is 7.06. The molecule has 0 radical (unpaired) electrons. The molecular weight excluding hydrogens is 366 g/mol. The van der Waals surface area contributed by atoms with E-state index in [9.17, 15) is 19.8 Å². The third-order valence-corrected chi connectivity index (χ3v) is 8.28. The minimum atomic E-state index is -1.04. The van der Waals surface area contributed by atoms with Gasteiger partial charge in [0.1, 0.15) is 5.70 Å². The number of carboxylic acids is 1. The average Bonchev–Trinajstić information content (AvgIpc) is 3.27. The van der Waals surface area contributed by atoms with Gasteiger partial charge in [-0.2, -0.15) is 0 Å². The zero-order valence-electron chi connectivity index (χ0n) is 15.9. The lowest BCUT2D eigenvalue weighted by Gasteiger charge is -2.46. The highest BCUT2D eigenvalue weighted by Crippen LogP contribution is 2.52. The molecule has 0 spiro atoms. The Kier molecular flexibility index (Phi) is 5.03. The third-order valence-electron chi connectivity index (χ3n) is 6.74. The van der Waals surface area contributed by atoms with E-state index in [1.165, 1.54) is 4.90 Å². The number of carboxylic acid groups (broad SMARTS) is 1. The van der Waals surface area contributed by atoms with E-state index < -0.39 is 18.0 Å². The Labute approximate surface area is 163 Å². The highest BCUT2D eigenvalue weighted by atomic mass is 32.2. The first-order chi connectivity index (χ1) is 12.8. The van der Waals surface area contributed by atoms with Crippen LogP contribution in [0.2, 0.25) is 0 Å². The van der Waals surface area contributed by atoms with E-state index >= 15 is 0 Å². The van der Waals surface area contributed by atoms with Gasteiger partial charge in [-0.15, -0.1) is 11.8 Å². The number of nitrogens with two attached hydrogens (primary N) is 1. The van der Waals surface area contributed by atoms with Crippen LogP contribution in [0.4, 0.5) is 0 Å². The minimum Gasteiger partial charge on any atom is -0.477 e. The van der Waals surface area contributed by atoms with Crippen LogP contribution in [0.15, 0.2) is 10.6 Å². The van der Waals surface area contributed by atoms with Gasteiger partial charge in [0.05, 0.1) is 18.1 Å². The number of carbonyl (C=O) groups excluding carboxylic acids is 1. The lowest BCUT2D eigenvalue weighted by molar-refractivity contribution is -0.163. The zero-order valence-corrected chi connectivity index (χ0v) is 16.7. The Bertz CT molecular complexity index is 682. The van der Waals surface area contributed by atoms with Crippen LogP contribution < -0.4 is 5.73 Å². The van der Waals surface area contributed by atoms with E-state index in [2.05, 4.69) is 4.90 Å². The van der Waals surface area contributed by atoms with Gasteiger partial charge in [-0.3, -0.25) is 9.69 Å². The van der Waals surface area contributed by atoms with Crippen molar-refractivity contribution in [2.24, 2.45) is 17.6 Å². The molecule has 3 fully saturated rings. The molecule has 1 unspecified atom stereocenters. The summed E-state index contributed by atoms with van der Waals surface area (Å²) in [6, 6.07) is 0.641. The summed E-state index contributed by atoms with van der Waals surface area (Å²) in [5.41, 5.74) is 6.19. The highest BCUT2D eigenvalue weighted by molar-refractivity contribution is 8.03. The van der Waals surface area contributed by atoms with Crippen LogP contribution in [0.5, 0.6) is 0 Å². The molecule has 1 aliphatic carbocycles. The predicted molar refractivity (Wildman–Crippen MR) is 103 cm³/mol. The van der Waals surface area contributed by atoms with Crippen molar-refractivity contribution in [3.05, 3.63) is 10.6 Å². The Hall–Kier alpha value is -1.09. The van der Waals surface area contributed by atoms with Crippen molar-refractivity contribution in [2.75, 3.05) is 13.1 Å². The van der Waals surface area contributed by atoms with Crippen LogP contribution >= 0.6 is 11.8 Å². The molecule has 2 saturated heterocycles. The molecule has 1 saturated carbocycles. The number of carbonyl (C=O) groups is 2. The maximum absolute atomic E-state index is 12.4. The molecule has 4 N–H and O–H groups in total. The van der Waals surface area contributed by atoms with Crippen LogP contribution in [0.1, 0.15) is 39.5 Å². The first-order valence-electron chi connectivity index (χ1n) is 9.94. The molecule has 0 aromatic carbocycles. The number of rotatable bonds is 5.